The monoisotopic (exact) mass is 403 g/mol. The zero-order chi connectivity index (χ0) is 21.2. The summed E-state index contributed by atoms with van der Waals surface area (Å²) in [6.45, 7) is 0.565. The molecule has 0 saturated carbocycles. The van der Waals surface area contributed by atoms with Gasteiger partial charge in [0, 0.05) is 23.5 Å². The molecule has 0 heterocycles. The van der Waals surface area contributed by atoms with Gasteiger partial charge < -0.3 is 25.9 Å². The molecular weight excluding hydrogens is 378 g/mol. The molecule has 0 saturated heterocycles. The zero-order valence-electron chi connectivity index (χ0n) is 16.6. The topological polar surface area (TPSA) is 97.9 Å². The van der Waals surface area contributed by atoms with Crippen LogP contribution in [0.25, 0.3) is 0 Å². The van der Waals surface area contributed by atoms with E-state index in [-0.39, 0.29) is 12.3 Å². The lowest BCUT2D eigenvalue weighted by molar-refractivity contribution is -0.682. The van der Waals surface area contributed by atoms with Gasteiger partial charge in [-0.05, 0) is 42.0 Å². The summed E-state index contributed by atoms with van der Waals surface area (Å²) in [6.07, 6.45) is 0.573. The Hall–Kier alpha value is -3.64. The summed E-state index contributed by atoms with van der Waals surface area (Å²) >= 11 is 0. The lowest BCUT2D eigenvalue weighted by atomic mass is 10.1. The summed E-state index contributed by atoms with van der Waals surface area (Å²) in [4.78, 5) is 23.7. The van der Waals surface area contributed by atoms with Crippen LogP contribution in [0.2, 0.25) is 0 Å². The second-order valence-electron chi connectivity index (χ2n) is 7.01. The molecule has 0 aliphatic carbocycles. The Labute approximate surface area is 176 Å². The van der Waals surface area contributed by atoms with E-state index in [4.69, 9.17) is 0 Å². The maximum atomic E-state index is 12.3. The number of hydrogen-bond donors (Lipinski definition) is 3. The molecule has 0 unspecified atom stereocenters. The minimum absolute atomic E-state index is 0.152. The predicted molar refractivity (Wildman–Crippen MR) is 115 cm³/mol. The van der Waals surface area contributed by atoms with Crippen molar-refractivity contribution in [1.29, 1.82) is 0 Å². The molecule has 3 aromatic rings. The third kappa shape index (κ3) is 6.76. The van der Waals surface area contributed by atoms with Crippen LogP contribution in [0, 0.1) is 0 Å². The fourth-order valence-corrected chi connectivity index (χ4v) is 3.10. The highest BCUT2D eigenvalue weighted by molar-refractivity contribution is 5.93. The van der Waals surface area contributed by atoms with Crippen LogP contribution in [0.15, 0.2) is 84.9 Å². The maximum absolute atomic E-state index is 12.3. The molecule has 3 aromatic carbocycles. The van der Waals surface area contributed by atoms with Crippen LogP contribution in [0.5, 0.6) is 0 Å². The van der Waals surface area contributed by atoms with E-state index in [0.717, 1.165) is 23.4 Å². The number of nitrogens with one attached hydrogen (secondary N) is 2. The van der Waals surface area contributed by atoms with Gasteiger partial charge in [0.25, 0.3) is 0 Å². The SMILES string of the molecule is O=C(C[C@H]([NH2+]CCc1ccccc1)C(=O)[O-])Nc1ccc(Nc2ccccc2)cc1. The second kappa shape index (κ2) is 10.8. The van der Waals surface area contributed by atoms with Crippen molar-refractivity contribution < 1.29 is 20.0 Å². The molecule has 0 aliphatic heterocycles. The Balaban J connectivity index is 1.48. The second-order valence-corrected chi connectivity index (χ2v) is 7.01. The van der Waals surface area contributed by atoms with Crippen LogP contribution in [-0.4, -0.2) is 24.5 Å². The summed E-state index contributed by atoms with van der Waals surface area (Å²) in [5.41, 5.74) is 3.60. The number of quaternary nitrogens is 1. The Morgan fingerprint density at radius 3 is 2.00 bits per heavy atom. The molecule has 6 nitrogen and oxygen atoms in total. The molecule has 0 radical (unpaired) electrons. The standard InChI is InChI=1S/C24H25N3O3/c28-23(17-22(24(29)30)25-16-15-18-7-3-1-4-8-18)27-21-13-11-20(12-14-21)26-19-9-5-2-6-10-19/h1-14,22,25-26H,15-17H2,(H,27,28)(H,29,30)/t22-/m0/s1. The Morgan fingerprint density at radius 2 is 1.37 bits per heavy atom. The Kier molecular flexibility index (Phi) is 7.58. The first-order valence-electron chi connectivity index (χ1n) is 9.90. The van der Waals surface area contributed by atoms with Crippen molar-refractivity contribution in [3.8, 4) is 0 Å². The number of rotatable bonds is 10. The normalized spacial score (nSPS) is 11.5. The number of hydrogen-bond acceptors (Lipinski definition) is 4. The summed E-state index contributed by atoms with van der Waals surface area (Å²) < 4.78 is 0. The highest BCUT2D eigenvalue weighted by Gasteiger charge is 2.18. The van der Waals surface area contributed by atoms with Gasteiger partial charge in [0.05, 0.1) is 18.9 Å². The first kappa shape index (κ1) is 21.1. The van der Waals surface area contributed by atoms with Crippen LogP contribution in [0.1, 0.15) is 12.0 Å². The van der Waals surface area contributed by atoms with Gasteiger partial charge in [-0.15, -0.1) is 0 Å². The summed E-state index contributed by atoms with van der Waals surface area (Å²) in [5.74, 6) is -1.59. The van der Waals surface area contributed by atoms with Crippen LogP contribution < -0.4 is 21.1 Å². The van der Waals surface area contributed by atoms with Gasteiger partial charge in [0.15, 0.2) is 0 Å². The molecule has 0 aliphatic rings. The van der Waals surface area contributed by atoms with Crippen molar-refractivity contribution in [3.63, 3.8) is 0 Å². The van der Waals surface area contributed by atoms with Gasteiger partial charge >= 0.3 is 0 Å². The number of benzene rings is 3. The predicted octanol–water partition coefficient (Wildman–Crippen LogP) is 1.68. The average Bonchev–Trinajstić information content (AvgIpc) is 2.76. The van der Waals surface area contributed by atoms with E-state index in [2.05, 4.69) is 10.6 Å². The number of carbonyl (C=O) groups excluding carboxylic acids is 2. The van der Waals surface area contributed by atoms with Crippen molar-refractivity contribution in [2.75, 3.05) is 17.2 Å². The van der Waals surface area contributed by atoms with E-state index < -0.39 is 12.0 Å². The number of carboxylic acids is 1. The first-order chi connectivity index (χ1) is 14.6. The van der Waals surface area contributed by atoms with E-state index in [1.807, 2.05) is 72.8 Å². The zero-order valence-corrected chi connectivity index (χ0v) is 16.6. The summed E-state index contributed by atoms with van der Waals surface area (Å²) in [5, 5.41) is 19.1. The van der Waals surface area contributed by atoms with E-state index in [1.54, 1.807) is 17.4 Å². The number of anilines is 3. The molecular formula is C24H25N3O3. The lowest BCUT2D eigenvalue weighted by Gasteiger charge is -2.16. The number of aliphatic carboxylic acids is 1. The number of para-hydroxylation sites is 1. The van der Waals surface area contributed by atoms with Crippen molar-refractivity contribution in [2.24, 2.45) is 0 Å². The summed E-state index contributed by atoms with van der Waals surface area (Å²) in [6, 6.07) is 25.9. The molecule has 154 valence electrons. The van der Waals surface area contributed by atoms with Crippen molar-refractivity contribution in [1.82, 2.24) is 0 Å². The molecule has 1 amide bonds. The van der Waals surface area contributed by atoms with Gasteiger partial charge in [-0.2, -0.15) is 0 Å². The molecule has 0 aromatic heterocycles. The minimum Gasteiger partial charge on any atom is -0.544 e. The Morgan fingerprint density at radius 1 is 0.800 bits per heavy atom. The van der Waals surface area contributed by atoms with E-state index in [9.17, 15) is 14.7 Å². The van der Waals surface area contributed by atoms with E-state index in [0.29, 0.717) is 12.2 Å². The molecule has 0 bridgehead atoms. The highest BCUT2D eigenvalue weighted by Crippen LogP contribution is 2.18. The van der Waals surface area contributed by atoms with Crippen LogP contribution in [-0.2, 0) is 16.0 Å². The number of nitrogens with two attached hydrogens (primary N) is 1. The largest absolute Gasteiger partial charge is 0.544 e. The third-order valence-corrected chi connectivity index (χ3v) is 4.67. The number of carboxylic acid groups (broad SMARTS) is 1. The van der Waals surface area contributed by atoms with Gasteiger partial charge in [-0.3, -0.25) is 4.79 Å². The van der Waals surface area contributed by atoms with Crippen molar-refractivity contribution >= 4 is 28.9 Å². The molecule has 4 N–H and O–H groups in total. The van der Waals surface area contributed by atoms with Gasteiger partial charge in [0.1, 0.15) is 6.04 Å². The van der Waals surface area contributed by atoms with Gasteiger partial charge in [0.2, 0.25) is 5.91 Å². The van der Waals surface area contributed by atoms with Crippen molar-refractivity contribution in [2.45, 2.75) is 18.9 Å². The van der Waals surface area contributed by atoms with E-state index >= 15 is 0 Å². The fraction of sp³-hybridized carbons (Fsp3) is 0.167. The Bertz CT molecular complexity index is 944. The number of amides is 1. The molecule has 0 fully saturated rings. The smallest absolute Gasteiger partial charge is 0.230 e. The fourth-order valence-electron chi connectivity index (χ4n) is 3.10. The maximum Gasteiger partial charge on any atom is 0.230 e. The van der Waals surface area contributed by atoms with Crippen LogP contribution in [0.3, 0.4) is 0 Å². The highest BCUT2D eigenvalue weighted by atomic mass is 16.4. The van der Waals surface area contributed by atoms with Crippen LogP contribution in [0.4, 0.5) is 17.1 Å². The van der Waals surface area contributed by atoms with Gasteiger partial charge in [-0.1, -0.05) is 48.5 Å². The average molecular weight is 403 g/mol. The third-order valence-electron chi connectivity index (χ3n) is 4.67. The summed E-state index contributed by atoms with van der Waals surface area (Å²) in [7, 11) is 0. The minimum atomic E-state index is -1.24. The van der Waals surface area contributed by atoms with Crippen molar-refractivity contribution in [3.05, 3.63) is 90.5 Å². The van der Waals surface area contributed by atoms with Gasteiger partial charge in [-0.25, -0.2) is 0 Å². The lowest BCUT2D eigenvalue weighted by Crippen LogP contribution is -2.93. The van der Waals surface area contributed by atoms with Crippen LogP contribution >= 0.6 is 0 Å². The molecule has 3 rings (SSSR count). The molecule has 0 spiro atoms. The first-order valence-corrected chi connectivity index (χ1v) is 9.90. The number of carbonyl (C=O) groups is 2. The molecule has 6 heteroatoms. The molecule has 1 atom stereocenters. The van der Waals surface area contributed by atoms with E-state index in [1.165, 1.54) is 0 Å². The quantitative estimate of drug-likeness (QED) is 0.480. The molecule has 30 heavy (non-hydrogen) atoms.